The SMILES string of the molecule is CC[C@H](C)[C@H](N)CN1CCCCCCC1. The van der Waals surface area contributed by atoms with E-state index in [4.69, 9.17) is 5.73 Å². The van der Waals surface area contributed by atoms with Crippen molar-refractivity contribution in [2.75, 3.05) is 19.6 Å². The van der Waals surface area contributed by atoms with E-state index in [1.165, 1.54) is 51.6 Å². The van der Waals surface area contributed by atoms with Crippen molar-refractivity contribution in [3.05, 3.63) is 0 Å². The molecule has 1 saturated heterocycles. The van der Waals surface area contributed by atoms with E-state index in [-0.39, 0.29) is 0 Å². The number of likely N-dealkylation sites (tertiary alicyclic amines) is 1. The third-order valence-electron chi connectivity index (χ3n) is 3.79. The van der Waals surface area contributed by atoms with Crippen molar-refractivity contribution in [1.29, 1.82) is 0 Å². The van der Waals surface area contributed by atoms with Crippen LogP contribution in [0, 0.1) is 5.92 Å². The largest absolute Gasteiger partial charge is 0.326 e. The van der Waals surface area contributed by atoms with Crippen molar-refractivity contribution in [1.82, 2.24) is 4.90 Å². The minimum absolute atomic E-state index is 0.370. The van der Waals surface area contributed by atoms with Gasteiger partial charge in [0, 0.05) is 12.6 Å². The van der Waals surface area contributed by atoms with Gasteiger partial charge in [0.1, 0.15) is 0 Å². The van der Waals surface area contributed by atoms with Gasteiger partial charge in [-0.25, -0.2) is 0 Å². The summed E-state index contributed by atoms with van der Waals surface area (Å²) in [5.74, 6) is 0.662. The van der Waals surface area contributed by atoms with E-state index in [1.807, 2.05) is 0 Å². The second kappa shape index (κ2) is 7.24. The number of hydrogen-bond acceptors (Lipinski definition) is 2. The molecule has 90 valence electrons. The zero-order chi connectivity index (χ0) is 11.1. The van der Waals surface area contributed by atoms with Crippen LogP contribution in [0.15, 0.2) is 0 Å². The van der Waals surface area contributed by atoms with Crippen LogP contribution in [0.3, 0.4) is 0 Å². The van der Waals surface area contributed by atoms with E-state index in [1.54, 1.807) is 0 Å². The highest BCUT2D eigenvalue weighted by atomic mass is 15.1. The highest BCUT2D eigenvalue weighted by Gasteiger charge is 2.15. The molecule has 0 aliphatic carbocycles. The fraction of sp³-hybridized carbons (Fsp3) is 1.00. The van der Waals surface area contributed by atoms with Gasteiger partial charge in [-0.05, 0) is 31.8 Å². The summed E-state index contributed by atoms with van der Waals surface area (Å²) in [7, 11) is 0. The van der Waals surface area contributed by atoms with Crippen LogP contribution in [0.1, 0.15) is 52.4 Å². The van der Waals surface area contributed by atoms with Gasteiger partial charge in [0.05, 0.1) is 0 Å². The smallest absolute Gasteiger partial charge is 0.0193 e. The van der Waals surface area contributed by atoms with Gasteiger partial charge in [0.15, 0.2) is 0 Å². The molecule has 2 nitrogen and oxygen atoms in total. The summed E-state index contributed by atoms with van der Waals surface area (Å²) >= 11 is 0. The van der Waals surface area contributed by atoms with Gasteiger partial charge < -0.3 is 10.6 Å². The summed E-state index contributed by atoms with van der Waals surface area (Å²) < 4.78 is 0. The van der Waals surface area contributed by atoms with Gasteiger partial charge in [-0.15, -0.1) is 0 Å². The van der Waals surface area contributed by atoms with E-state index in [9.17, 15) is 0 Å². The predicted octanol–water partition coefficient (Wildman–Crippen LogP) is 2.63. The molecule has 1 aliphatic rings. The lowest BCUT2D eigenvalue weighted by Gasteiger charge is -2.29. The van der Waals surface area contributed by atoms with Gasteiger partial charge in [-0.2, -0.15) is 0 Å². The molecule has 0 saturated carbocycles. The summed E-state index contributed by atoms with van der Waals surface area (Å²) in [6.07, 6.45) is 8.20. The molecule has 0 aromatic carbocycles. The first-order valence-electron chi connectivity index (χ1n) is 6.72. The van der Waals surface area contributed by atoms with Crippen LogP contribution in [-0.2, 0) is 0 Å². The molecule has 1 aliphatic heterocycles. The minimum atomic E-state index is 0.370. The Morgan fingerprint density at radius 3 is 2.13 bits per heavy atom. The molecule has 0 unspecified atom stereocenters. The zero-order valence-corrected chi connectivity index (χ0v) is 10.5. The van der Waals surface area contributed by atoms with Crippen molar-refractivity contribution < 1.29 is 0 Å². The van der Waals surface area contributed by atoms with E-state index in [2.05, 4.69) is 18.7 Å². The van der Waals surface area contributed by atoms with Gasteiger partial charge in [0.25, 0.3) is 0 Å². The van der Waals surface area contributed by atoms with Crippen molar-refractivity contribution in [2.24, 2.45) is 11.7 Å². The molecule has 2 atom stereocenters. The maximum absolute atomic E-state index is 6.21. The monoisotopic (exact) mass is 212 g/mol. The first-order chi connectivity index (χ1) is 7.24. The Morgan fingerprint density at radius 1 is 1.07 bits per heavy atom. The first kappa shape index (κ1) is 13.0. The third kappa shape index (κ3) is 4.98. The fourth-order valence-corrected chi connectivity index (χ4v) is 2.28. The van der Waals surface area contributed by atoms with Crippen molar-refractivity contribution in [3.8, 4) is 0 Å². The van der Waals surface area contributed by atoms with Crippen LogP contribution < -0.4 is 5.73 Å². The molecule has 0 spiro atoms. The standard InChI is InChI=1S/C13H28N2/c1-3-12(2)13(14)11-15-9-7-5-4-6-8-10-15/h12-13H,3-11,14H2,1-2H3/t12-,13+/m0/s1. The predicted molar refractivity (Wildman–Crippen MR) is 67.0 cm³/mol. The zero-order valence-electron chi connectivity index (χ0n) is 10.5. The fourth-order valence-electron chi connectivity index (χ4n) is 2.28. The van der Waals surface area contributed by atoms with Crippen LogP contribution in [0.25, 0.3) is 0 Å². The van der Waals surface area contributed by atoms with Crippen molar-refractivity contribution in [3.63, 3.8) is 0 Å². The number of rotatable bonds is 4. The Kier molecular flexibility index (Phi) is 6.26. The number of nitrogens with two attached hydrogens (primary N) is 1. The molecule has 0 bridgehead atoms. The summed E-state index contributed by atoms with van der Waals surface area (Å²) in [4.78, 5) is 2.58. The lowest BCUT2D eigenvalue weighted by Crippen LogP contribution is -2.42. The molecule has 15 heavy (non-hydrogen) atoms. The average Bonchev–Trinajstić information content (AvgIpc) is 2.20. The molecule has 1 rings (SSSR count). The maximum Gasteiger partial charge on any atom is 0.0193 e. The Morgan fingerprint density at radius 2 is 1.60 bits per heavy atom. The lowest BCUT2D eigenvalue weighted by molar-refractivity contribution is 0.214. The summed E-state index contributed by atoms with van der Waals surface area (Å²) in [6, 6.07) is 0.370. The van der Waals surface area contributed by atoms with Crippen LogP contribution in [0.5, 0.6) is 0 Å². The first-order valence-corrected chi connectivity index (χ1v) is 6.72. The Hall–Kier alpha value is -0.0800. The molecule has 0 aromatic rings. The Labute approximate surface area is 95.2 Å². The molecular weight excluding hydrogens is 184 g/mol. The van der Waals surface area contributed by atoms with E-state index in [0.717, 1.165) is 6.54 Å². The molecule has 1 fully saturated rings. The molecule has 0 radical (unpaired) electrons. The van der Waals surface area contributed by atoms with Gasteiger partial charge in [-0.3, -0.25) is 0 Å². The van der Waals surface area contributed by atoms with Crippen molar-refractivity contribution in [2.45, 2.75) is 58.4 Å². The number of nitrogens with zero attached hydrogens (tertiary/aromatic N) is 1. The molecule has 1 heterocycles. The van der Waals surface area contributed by atoms with E-state index < -0.39 is 0 Å². The average molecular weight is 212 g/mol. The molecular formula is C13H28N2. The molecule has 2 N–H and O–H groups in total. The second-order valence-electron chi connectivity index (χ2n) is 5.12. The molecule has 0 amide bonds. The van der Waals surface area contributed by atoms with E-state index >= 15 is 0 Å². The summed E-state index contributed by atoms with van der Waals surface area (Å²) in [5.41, 5.74) is 6.21. The Bertz CT molecular complexity index is 151. The highest BCUT2D eigenvalue weighted by molar-refractivity contribution is 4.74. The number of hydrogen-bond donors (Lipinski definition) is 1. The highest BCUT2D eigenvalue weighted by Crippen LogP contribution is 2.13. The normalized spacial score (nSPS) is 24.2. The summed E-state index contributed by atoms with van der Waals surface area (Å²) in [6.45, 7) is 8.15. The van der Waals surface area contributed by atoms with Gasteiger partial charge in [-0.1, -0.05) is 39.5 Å². The molecule has 2 heteroatoms. The third-order valence-corrected chi connectivity index (χ3v) is 3.79. The van der Waals surface area contributed by atoms with Crippen LogP contribution >= 0.6 is 0 Å². The Balaban J connectivity index is 2.27. The second-order valence-corrected chi connectivity index (χ2v) is 5.12. The van der Waals surface area contributed by atoms with Gasteiger partial charge >= 0.3 is 0 Å². The van der Waals surface area contributed by atoms with Crippen LogP contribution in [0.4, 0.5) is 0 Å². The van der Waals surface area contributed by atoms with E-state index in [0.29, 0.717) is 12.0 Å². The quantitative estimate of drug-likeness (QED) is 0.776. The van der Waals surface area contributed by atoms with Crippen molar-refractivity contribution >= 4 is 0 Å². The maximum atomic E-state index is 6.21. The summed E-state index contributed by atoms with van der Waals surface area (Å²) in [5, 5.41) is 0. The van der Waals surface area contributed by atoms with Crippen LogP contribution in [0.2, 0.25) is 0 Å². The molecule has 0 aromatic heterocycles. The topological polar surface area (TPSA) is 29.3 Å². The minimum Gasteiger partial charge on any atom is -0.326 e. The van der Waals surface area contributed by atoms with Crippen LogP contribution in [-0.4, -0.2) is 30.6 Å². The van der Waals surface area contributed by atoms with Gasteiger partial charge in [0.2, 0.25) is 0 Å². The lowest BCUT2D eigenvalue weighted by atomic mass is 9.99.